The van der Waals surface area contributed by atoms with Crippen molar-refractivity contribution in [2.45, 2.75) is 37.6 Å². The predicted octanol–water partition coefficient (Wildman–Crippen LogP) is 5.53. The number of aromatic nitrogens is 4. The van der Waals surface area contributed by atoms with Gasteiger partial charge in [0.05, 0.1) is 12.0 Å². The number of hydrogen-bond donors (Lipinski definition) is 2. The van der Waals surface area contributed by atoms with E-state index in [1.54, 1.807) is 42.5 Å². The molecule has 13 heteroatoms. The molecular formula is C34H34N6O6S. The van der Waals surface area contributed by atoms with Gasteiger partial charge < -0.3 is 19.5 Å². The minimum Gasteiger partial charge on any atom is -0.493 e. The lowest BCUT2D eigenvalue weighted by Gasteiger charge is -2.20. The second kappa shape index (κ2) is 14.3. The molecule has 12 nitrogen and oxygen atoms in total. The van der Waals surface area contributed by atoms with Gasteiger partial charge in [0, 0.05) is 18.9 Å². The number of carbonyl (C=O) groups excluding carboxylic acids is 1. The van der Waals surface area contributed by atoms with Crippen molar-refractivity contribution >= 4 is 21.7 Å². The molecule has 2 N–H and O–H groups in total. The molecule has 5 aromatic rings. The number of sulfonamides is 1. The normalized spacial score (nSPS) is 11.4. The number of amides is 1. The van der Waals surface area contributed by atoms with Gasteiger partial charge in [-0.15, -0.1) is 0 Å². The Morgan fingerprint density at radius 2 is 1.47 bits per heavy atom. The molecule has 0 bridgehead atoms. The van der Waals surface area contributed by atoms with Gasteiger partial charge in [0.2, 0.25) is 11.6 Å². The molecule has 0 atom stereocenters. The second-order valence-corrected chi connectivity index (χ2v) is 13.0. The Morgan fingerprint density at radius 3 is 2.13 bits per heavy atom. The van der Waals surface area contributed by atoms with Crippen molar-refractivity contribution in [3.8, 4) is 34.8 Å². The average Bonchev–Trinajstić information content (AvgIpc) is 3.08. The molecule has 47 heavy (non-hydrogen) atoms. The molecule has 0 aliphatic heterocycles. The molecule has 0 spiro atoms. The fourth-order valence-electron chi connectivity index (χ4n) is 4.32. The average molecular weight is 655 g/mol. The summed E-state index contributed by atoms with van der Waals surface area (Å²) in [6.07, 6.45) is 2.98. The van der Waals surface area contributed by atoms with Crippen LogP contribution in [0, 0.1) is 0 Å². The Kier molecular flexibility index (Phi) is 9.95. The highest BCUT2D eigenvalue weighted by Crippen LogP contribution is 2.41. The third-order valence-electron chi connectivity index (χ3n) is 6.82. The second-order valence-electron chi connectivity index (χ2n) is 11.3. The van der Waals surface area contributed by atoms with Gasteiger partial charge in [-0.05, 0) is 46.9 Å². The van der Waals surface area contributed by atoms with E-state index >= 15 is 0 Å². The minimum atomic E-state index is -4.22. The van der Waals surface area contributed by atoms with Crippen LogP contribution >= 0.6 is 0 Å². The zero-order valence-corrected chi connectivity index (χ0v) is 27.1. The van der Waals surface area contributed by atoms with Crippen molar-refractivity contribution in [3.63, 3.8) is 0 Å². The minimum absolute atomic E-state index is 0.00683. The molecule has 3 aromatic carbocycles. The van der Waals surface area contributed by atoms with Gasteiger partial charge in [-0.1, -0.05) is 75.4 Å². The lowest BCUT2D eigenvalue weighted by Crippen LogP contribution is -2.28. The van der Waals surface area contributed by atoms with E-state index in [0.717, 1.165) is 11.1 Å². The zero-order chi connectivity index (χ0) is 33.4. The fraction of sp³-hybridized carbons (Fsp3) is 0.206. The Labute approximate surface area is 273 Å². The first-order valence-electron chi connectivity index (χ1n) is 14.6. The van der Waals surface area contributed by atoms with E-state index in [2.05, 4.69) is 30.0 Å². The van der Waals surface area contributed by atoms with Gasteiger partial charge in [0.1, 0.15) is 0 Å². The first-order valence-corrected chi connectivity index (χ1v) is 16.1. The van der Waals surface area contributed by atoms with Crippen LogP contribution in [0.5, 0.6) is 23.1 Å². The van der Waals surface area contributed by atoms with E-state index in [4.69, 9.17) is 14.2 Å². The third kappa shape index (κ3) is 8.38. The summed E-state index contributed by atoms with van der Waals surface area (Å²) < 4.78 is 47.5. The van der Waals surface area contributed by atoms with Crippen LogP contribution in [0.4, 0.5) is 5.82 Å². The number of ether oxygens (including phenoxy) is 3. The summed E-state index contributed by atoms with van der Waals surface area (Å²) in [5.41, 5.74) is 1.68. The molecule has 0 unspecified atom stereocenters. The van der Waals surface area contributed by atoms with Crippen LogP contribution in [0.2, 0.25) is 0 Å². The molecule has 0 saturated carbocycles. The molecule has 0 fully saturated rings. The summed E-state index contributed by atoms with van der Waals surface area (Å²) in [4.78, 5) is 30.1. The van der Waals surface area contributed by atoms with Crippen molar-refractivity contribution in [2.75, 3.05) is 18.4 Å². The SMILES string of the molecule is COc1ccccc1Oc1c(NS(=O)(=O)c2ccc(C(C)(C)C)cc2)nc(-c2ncccn2)nc1OCC(=O)NCc1ccccc1. The summed E-state index contributed by atoms with van der Waals surface area (Å²) in [6.45, 7) is 5.91. The molecule has 0 aliphatic carbocycles. The Morgan fingerprint density at radius 1 is 0.809 bits per heavy atom. The van der Waals surface area contributed by atoms with Crippen LogP contribution in [-0.2, 0) is 26.8 Å². The van der Waals surface area contributed by atoms with E-state index < -0.39 is 22.5 Å². The highest BCUT2D eigenvalue weighted by atomic mass is 32.2. The van der Waals surface area contributed by atoms with Crippen molar-refractivity contribution in [1.82, 2.24) is 25.3 Å². The van der Waals surface area contributed by atoms with Crippen molar-refractivity contribution in [1.29, 1.82) is 0 Å². The van der Waals surface area contributed by atoms with Crippen molar-refractivity contribution in [3.05, 3.63) is 108 Å². The van der Waals surface area contributed by atoms with Crippen LogP contribution in [0.3, 0.4) is 0 Å². The molecule has 1 amide bonds. The predicted molar refractivity (Wildman–Crippen MR) is 176 cm³/mol. The monoisotopic (exact) mass is 654 g/mol. The number of carbonyl (C=O) groups is 1. The van der Waals surface area contributed by atoms with E-state index in [-0.39, 0.29) is 51.7 Å². The summed E-state index contributed by atoms with van der Waals surface area (Å²) in [5, 5.41) is 2.79. The molecule has 0 aliphatic rings. The number of nitrogens with one attached hydrogen (secondary N) is 2. The maximum absolute atomic E-state index is 13.7. The number of methoxy groups -OCH3 is 1. The molecule has 2 aromatic heterocycles. The number of anilines is 1. The molecular weight excluding hydrogens is 620 g/mol. The smallest absolute Gasteiger partial charge is 0.264 e. The lowest BCUT2D eigenvalue weighted by molar-refractivity contribution is -0.123. The molecule has 242 valence electrons. The lowest BCUT2D eigenvalue weighted by atomic mass is 9.87. The highest BCUT2D eigenvalue weighted by molar-refractivity contribution is 7.92. The summed E-state index contributed by atoms with van der Waals surface area (Å²) in [5.74, 6) is -0.578. The van der Waals surface area contributed by atoms with E-state index in [1.165, 1.54) is 31.6 Å². The van der Waals surface area contributed by atoms with E-state index in [1.807, 2.05) is 51.1 Å². The van der Waals surface area contributed by atoms with Crippen LogP contribution in [0.25, 0.3) is 11.6 Å². The first kappa shape index (κ1) is 32.8. The molecule has 0 radical (unpaired) electrons. The van der Waals surface area contributed by atoms with Gasteiger partial charge in [-0.2, -0.15) is 4.98 Å². The van der Waals surface area contributed by atoms with Crippen molar-refractivity contribution < 1.29 is 27.4 Å². The van der Waals surface area contributed by atoms with Gasteiger partial charge in [-0.3, -0.25) is 9.52 Å². The zero-order valence-electron chi connectivity index (χ0n) is 26.3. The van der Waals surface area contributed by atoms with Gasteiger partial charge >= 0.3 is 0 Å². The highest BCUT2D eigenvalue weighted by Gasteiger charge is 2.27. The van der Waals surface area contributed by atoms with Crippen molar-refractivity contribution in [2.24, 2.45) is 0 Å². The summed E-state index contributed by atoms with van der Waals surface area (Å²) in [7, 11) is -2.75. The quantitative estimate of drug-likeness (QED) is 0.176. The van der Waals surface area contributed by atoms with Gasteiger partial charge in [-0.25, -0.2) is 23.4 Å². The van der Waals surface area contributed by atoms with Crippen LogP contribution in [0.1, 0.15) is 31.9 Å². The number of para-hydroxylation sites is 2. The third-order valence-corrected chi connectivity index (χ3v) is 8.17. The topological polar surface area (TPSA) is 155 Å². The number of nitrogens with zero attached hydrogens (tertiary/aromatic N) is 4. The fourth-order valence-corrected chi connectivity index (χ4v) is 5.32. The summed E-state index contributed by atoms with van der Waals surface area (Å²) >= 11 is 0. The van der Waals surface area contributed by atoms with Crippen LogP contribution < -0.4 is 24.2 Å². The van der Waals surface area contributed by atoms with E-state index in [9.17, 15) is 13.2 Å². The Balaban J connectivity index is 1.56. The standard InChI is InChI=1S/C34H34N6O6S/c1-34(2,3)24-15-17-25(18-16-24)47(42,43)40-30-29(46-27-14-9-8-13-26(27)44-4)33(39-32(38-30)31-35-19-10-20-36-31)45-22-28(41)37-21-23-11-6-5-7-12-23/h5-20H,21-22H2,1-4H3,(H,37,41)(H,38,39,40). The Hall–Kier alpha value is -5.56. The molecule has 5 rings (SSSR count). The number of rotatable bonds is 12. The maximum atomic E-state index is 13.7. The van der Waals surface area contributed by atoms with Gasteiger partial charge in [0.25, 0.3) is 21.8 Å². The number of hydrogen-bond acceptors (Lipinski definition) is 10. The summed E-state index contributed by atoms with van der Waals surface area (Å²) in [6, 6.07) is 24.3. The first-order chi connectivity index (χ1) is 22.5. The van der Waals surface area contributed by atoms with Crippen LogP contribution in [-0.4, -0.2) is 48.0 Å². The number of benzene rings is 3. The molecule has 2 heterocycles. The maximum Gasteiger partial charge on any atom is 0.264 e. The molecule has 0 saturated heterocycles. The van der Waals surface area contributed by atoms with Gasteiger partial charge in [0.15, 0.2) is 29.7 Å². The van der Waals surface area contributed by atoms with E-state index in [0.29, 0.717) is 5.75 Å². The van der Waals surface area contributed by atoms with Crippen LogP contribution in [0.15, 0.2) is 102 Å². The Bertz CT molecular complexity index is 1930. The largest absolute Gasteiger partial charge is 0.493 e.